The fourth-order valence-corrected chi connectivity index (χ4v) is 2.57. The molecular weight excluding hydrogens is 370 g/mol. The second-order valence-electron chi connectivity index (χ2n) is 4.61. The molecule has 0 aliphatic carbocycles. The summed E-state index contributed by atoms with van der Waals surface area (Å²) in [4.78, 5) is 24.0. The number of nitrogens with one attached hydrogen (secondary N) is 2. The summed E-state index contributed by atoms with van der Waals surface area (Å²) in [5.74, 6) is 1.61. The molecule has 0 aliphatic rings. The quantitative estimate of drug-likeness (QED) is 0.552. The van der Waals surface area contributed by atoms with Crippen LogP contribution in [0.15, 0.2) is 29.2 Å². The van der Waals surface area contributed by atoms with Crippen LogP contribution in [0.1, 0.15) is 11.6 Å². The zero-order valence-electron chi connectivity index (χ0n) is 13.5. The second kappa shape index (κ2) is 9.25. The average molecular weight is 386 g/mol. The number of ether oxygens (including phenoxy) is 1. The largest absolute Gasteiger partial charge is 0.491 e. The van der Waals surface area contributed by atoms with E-state index in [0.717, 1.165) is 0 Å². The summed E-state index contributed by atoms with van der Waals surface area (Å²) in [7, 11) is 0. The first kappa shape index (κ1) is 19.0. The van der Waals surface area contributed by atoms with Crippen LogP contribution in [0.25, 0.3) is 0 Å². The highest BCUT2D eigenvalue weighted by atomic mass is 35.5. The highest BCUT2D eigenvalue weighted by Crippen LogP contribution is 2.22. The van der Waals surface area contributed by atoms with Crippen LogP contribution in [0.3, 0.4) is 0 Å². The van der Waals surface area contributed by atoms with Gasteiger partial charge in [0.1, 0.15) is 28.9 Å². The Morgan fingerprint density at radius 2 is 1.88 bits per heavy atom. The topological polar surface area (TPSA) is 115 Å². The molecule has 0 fully saturated rings. The van der Waals surface area contributed by atoms with E-state index in [9.17, 15) is 9.00 Å². The van der Waals surface area contributed by atoms with Crippen LogP contribution in [0.2, 0.25) is 0 Å². The highest BCUT2D eigenvalue weighted by Gasteiger charge is 2.14. The van der Waals surface area contributed by atoms with Crippen molar-refractivity contribution in [2.75, 3.05) is 17.8 Å². The lowest BCUT2D eigenvalue weighted by atomic mass is 10.3. The van der Waals surface area contributed by atoms with Crippen LogP contribution in [-0.2, 0) is 15.4 Å². The van der Waals surface area contributed by atoms with E-state index in [1.807, 2.05) is 5.48 Å². The molecule has 0 spiro atoms. The van der Waals surface area contributed by atoms with Crippen LogP contribution in [-0.4, -0.2) is 37.7 Å². The number of carbonyl (C=O) groups is 1. The van der Waals surface area contributed by atoms with Crippen LogP contribution in [0.5, 0.6) is 5.75 Å². The zero-order valence-corrected chi connectivity index (χ0v) is 15.1. The predicted octanol–water partition coefficient (Wildman–Crippen LogP) is 1.88. The number of halogens is 1. The van der Waals surface area contributed by atoms with Crippen molar-refractivity contribution in [1.82, 2.24) is 20.4 Å². The minimum absolute atomic E-state index is 0.0581. The maximum absolute atomic E-state index is 12.2. The summed E-state index contributed by atoms with van der Waals surface area (Å²) in [6, 6.07) is 5.78. The standard InChI is InChI=1S/C14H16ClN5O4S/c1-9-16-10(2)18-13(17-9)19-14(21)20-24-25(22)12-6-4-3-5-11(12)23-8-7-15/h3-6H,7-8H2,1-2H3,(H2,16,17,18,19,20,21). The van der Waals surface area contributed by atoms with Gasteiger partial charge >= 0.3 is 6.03 Å². The van der Waals surface area contributed by atoms with Gasteiger partial charge in [-0.25, -0.2) is 19.5 Å². The first-order chi connectivity index (χ1) is 12.0. The van der Waals surface area contributed by atoms with Crippen LogP contribution >= 0.6 is 11.6 Å². The molecule has 25 heavy (non-hydrogen) atoms. The Kier molecular flexibility index (Phi) is 7.04. The maximum Gasteiger partial charge on any atom is 0.346 e. The molecule has 0 radical (unpaired) electrons. The molecule has 0 aliphatic heterocycles. The number of para-hydroxylation sites is 1. The molecule has 11 heteroatoms. The van der Waals surface area contributed by atoms with Crippen molar-refractivity contribution in [3.8, 4) is 5.75 Å². The number of amides is 2. The SMILES string of the molecule is Cc1nc(C)nc(NC(=O)NOS(=O)c2ccccc2OCCCl)n1. The van der Waals surface area contributed by atoms with Crippen LogP contribution < -0.4 is 15.5 Å². The van der Waals surface area contributed by atoms with Crippen LogP contribution in [0, 0.1) is 13.8 Å². The van der Waals surface area contributed by atoms with Gasteiger partial charge in [0.25, 0.3) is 0 Å². The van der Waals surface area contributed by atoms with Crippen molar-refractivity contribution in [3.05, 3.63) is 35.9 Å². The number of urea groups is 1. The minimum Gasteiger partial charge on any atom is -0.491 e. The van der Waals surface area contributed by atoms with Crippen LogP contribution in [0.4, 0.5) is 10.7 Å². The van der Waals surface area contributed by atoms with Crippen molar-refractivity contribution >= 4 is 34.7 Å². The fraction of sp³-hybridized carbons (Fsp3) is 0.286. The minimum atomic E-state index is -1.98. The van der Waals surface area contributed by atoms with Gasteiger partial charge in [0.2, 0.25) is 17.0 Å². The number of benzene rings is 1. The van der Waals surface area contributed by atoms with Crippen molar-refractivity contribution < 1.29 is 18.0 Å². The summed E-state index contributed by atoms with van der Waals surface area (Å²) < 4.78 is 22.4. The number of carbonyl (C=O) groups excluding carboxylic acids is 1. The third kappa shape index (κ3) is 5.93. The van der Waals surface area contributed by atoms with Gasteiger partial charge < -0.3 is 4.74 Å². The number of rotatable bonds is 7. The summed E-state index contributed by atoms with van der Waals surface area (Å²) in [5.41, 5.74) is 2.02. The number of aryl methyl sites for hydroxylation is 2. The summed E-state index contributed by atoms with van der Waals surface area (Å²) in [5, 5.41) is 2.36. The van der Waals surface area contributed by atoms with E-state index in [1.54, 1.807) is 38.1 Å². The third-order valence-electron chi connectivity index (χ3n) is 2.66. The van der Waals surface area contributed by atoms with Gasteiger partial charge in [-0.2, -0.15) is 14.3 Å². The monoisotopic (exact) mass is 385 g/mol. The Hall–Kier alpha value is -2.30. The second-order valence-corrected chi connectivity index (χ2v) is 6.07. The van der Waals surface area contributed by atoms with E-state index < -0.39 is 17.1 Å². The molecule has 1 aromatic heterocycles. The lowest BCUT2D eigenvalue weighted by Gasteiger charge is -2.10. The molecular formula is C14H16ClN5O4S. The highest BCUT2D eigenvalue weighted by molar-refractivity contribution is 7.80. The molecule has 2 N–H and O–H groups in total. The van der Waals surface area contributed by atoms with Gasteiger partial charge in [-0.3, -0.25) is 5.32 Å². The molecule has 2 aromatic rings. The summed E-state index contributed by atoms with van der Waals surface area (Å²) >= 11 is 3.59. The van der Waals surface area contributed by atoms with E-state index in [2.05, 4.69) is 20.3 Å². The molecule has 9 nitrogen and oxygen atoms in total. The maximum atomic E-state index is 12.2. The van der Waals surface area contributed by atoms with Gasteiger partial charge in [0.15, 0.2) is 0 Å². The smallest absolute Gasteiger partial charge is 0.346 e. The molecule has 1 atom stereocenters. The van der Waals surface area contributed by atoms with E-state index in [1.165, 1.54) is 0 Å². The zero-order chi connectivity index (χ0) is 18.2. The average Bonchev–Trinajstić information content (AvgIpc) is 2.57. The van der Waals surface area contributed by atoms with E-state index in [-0.39, 0.29) is 23.3 Å². The number of hydrogen-bond donors (Lipinski definition) is 2. The first-order valence-electron chi connectivity index (χ1n) is 7.12. The number of aromatic nitrogens is 3. The third-order valence-corrected chi connectivity index (χ3v) is 3.74. The molecule has 0 saturated heterocycles. The summed E-state index contributed by atoms with van der Waals surface area (Å²) in [6.45, 7) is 3.59. The van der Waals surface area contributed by atoms with Gasteiger partial charge in [-0.15, -0.1) is 11.6 Å². The molecule has 0 bridgehead atoms. The van der Waals surface area contributed by atoms with Gasteiger partial charge in [-0.05, 0) is 26.0 Å². The van der Waals surface area contributed by atoms with E-state index in [0.29, 0.717) is 17.4 Å². The fourth-order valence-electron chi connectivity index (χ4n) is 1.77. The molecule has 2 rings (SSSR count). The van der Waals surface area contributed by atoms with E-state index in [4.69, 9.17) is 20.6 Å². The normalized spacial score (nSPS) is 11.6. The Morgan fingerprint density at radius 1 is 1.20 bits per heavy atom. The predicted molar refractivity (Wildman–Crippen MR) is 91.6 cm³/mol. The number of anilines is 1. The Balaban J connectivity index is 1.94. The van der Waals surface area contributed by atoms with Crippen molar-refractivity contribution in [3.63, 3.8) is 0 Å². The first-order valence-corrected chi connectivity index (χ1v) is 8.73. The number of hydrogen-bond acceptors (Lipinski definition) is 7. The lowest BCUT2D eigenvalue weighted by Crippen LogP contribution is -2.30. The molecule has 1 heterocycles. The number of hydroxylamine groups is 1. The Labute approximate surface area is 151 Å². The van der Waals surface area contributed by atoms with E-state index >= 15 is 0 Å². The molecule has 1 aromatic carbocycles. The Morgan fingerprint density at radius 3 is 2.56 bits per heavy atom. The van der Waals surface area contributed by atoms with Gasteiger partial charge in [0.05, 0.1) is 5.88 Å². The lowest BCUT2D eigenvalue weighted by molar-refractivity contribution is 0.200. The van der Waals surface area contributed by atoms with Gasteiger partial charge in [-0.1, -0.05) is 12.1 Å². The molecule has 0 saturated carbocycles. The molecule has 2 amide bonds. The number of alkyl halides is 1. The van der Waals surface area contributed by atoms with Gasteiger partial charge in [0, 0.05) is 0 Å². The molecule has 134 valence electrons. The number of nitrogens with zero attached hydrogens (tertiary/aromatic N) is 3. The Bertz CT molecular complexity index is 756. The van der Waals surface area contributed by atoms with Crippen molar-refractivity contribution in [1.29, 1.82) is 0 Å². The molecule has 1 unspecified atom stereocenters. The van der Waals surface area contributed by atoms with Crippen molar-refractivity contribution in [2.45, 2.75) is 18.7 Å². The van der Waals surface area contributed by atoms with Crippen molar-refractivity contribution in [2.24, 2.45) is 0 Å². The summed E-state index contributed by atoms with van der Waals surface area (Å²) in [6.07, 6.45) is 0.